The maximum Gasteiger partial charge on any atom is 0.347 e. The Morgan fingerprint density at radius 2 is 1.59 bits per heavy atom. The van der Waals surface area contributed by atoms with E-state index in [-0.39, 0.29) is 0 Å². The van der Waals surface area contributed by atoms with Crippen molar-refractivity contribution >= 4 is 23.7 Å². The number of carbonyl (C=O) groups excluding carboxylic acids is 4. The molecule has 0 aliphatic heterocycles. The smallest absolute Gasteiger partial charge is 0.347 e. The largest absolute Gasteiger partial charge is 0.469 e. The fraction of sp³-hybridized carbons (Fsp3) is 0.600. The summed E-state index contributed by atoms with van der Waals surface area (Å²) in [5.74, 6) is -2.91. The van der Waals surface area contributed by atoms with Crippen LogP contribution in [-0.2, 0) is 33.4 Å². The van der Waals surface area contributed by atoms with Crippen LogP contribution in [0.5, 0.6) is 0 Å². The second-order valence-corrected chi connectivity index (χ2v) is 3.16. The second kappa shape index (κ2) is 7.37. The molecule has 0 saturated heterocycles. The molecule has 1 unspecified atom stereocenters. The predicted molar refractivity (Wildman–Crippen MR) is 53.8 cm³/mol. The van der Waals surface area contributed by atoms with E-state index in [0.29, 0.717) is 0 Å². The molecule has 0 aliphatic carbocycles. The minimum absolute atomic E-state index is 0.406. The number of carbonyl (C=O) groups is 4. The van der Waals surface area contributed by atoms with Gasteiger partial charge in [0.05, 0.1) is 20.6 Å². The van der Waals surface area contributed by atoms with Crippen LogP contribution < -0.4 is 0 Å². The first-order valence-electron chi connectivity index (χ1n) is 4.74. The van der Waals surface area contributed by atoms with Crippen molar-refractivity contribution < 1.29 is 33.4 Å². The summed E-state index contributed by atoms with van der Waals surface area (Å²) in [7, 11) is 2.22. The Labute approximate surface area is 98.0 Å². The quantitative estimate of drug-likeness (QED) is 0.358. The Morgan fingerprint density at radius 3 is 2.00 bits per heavy atom. The first-order valence-corrected chi connectivity index (χ1v) is 4.74. The van der Waals surface area contributed by atoms with Gasteiger partial charge in [0.25, 0.3) is 0 Å². The second-order valence-electron chi connectivity index (χ2n) is 3.16. The summed E-state index contributed by atoms with van der Waals surface area (Å²) in [6, 6.07) is 0. The van der Waals surface area contributed by atoms with Crippen LogP contribution in [0.2, 0.25) is 0 Å². The third kappa shape index (κ3) is 6.29. The van der Waals surface area contributed by atoms with E-state index in [1.54, 1.807) is 0 Å². The van der Waals surface area contributed by atoms with E-state index >= 15 is 0 Å². The van der Waals surface area contributed by atoms with Gasteiger partial charge in [-0.15, -0.1) is 0 Å². The highest BCUT2D eigenvalue weighted by Crippen LogP contribution is 2.05. The van der Waals surface area contributed by atoms with Crippen LogP contribution in [0.1, 0.15) is 19.8 Å². The summed E-state index contributed by atoms with van der Waals surface area (Å²) in [5, 5.41) is 0. The summed E-state index contributed by atoms with van der Waals surface area (Å²) in [4.78, 5) is 43.9. The van der Waals surface area contributed by atoms with Gasteiger partial charge in [-0.2, -0.15) is 0 Å². The van der Waals surface area contributed by atoms with Gasteiger partial charge in [-0.3, -0.25) is 14.4 Å². The lowest BCUT2D eigenvalue weighted by Gasteiger charge is -2.13. The zero-order valence-corrected chi connectivity index (χ0v) is 9.85. The molecule has 0 aromatic rings. The van der Waals surface area contributed by atoms with Crippen molar-refractivity contribution in [3.8, 4) is 0 Å². The number of hydrogen-bond acceptors (Lipinski definition) is 7. The molecule has 0 aliphatic rings. The molecule has 0 N–H and O–H groups in total. The fourth-order valence-corrected chi connectivity index (χ4v) is 0.943. The van der Waals surface area contributed by atoms with Gasteiger partial charge in [0.15, 0.2) is 0 Å². The monoisotopic (exact) mass is 246 g/mol. The van der Waals surface area contributed by atoms with Crippen LogP contribution in [0, 0.1) is 0 Å². The van der Waals surface area contributed by atoms with Gasteiger partial charge in [-0.1, -0.05) is 0 Å². The topological polar surface area (TPSA) is 96.0 Å². The van der Waals surface area contributed by atoms with Crippen LogP contribution in [0.4, 0.5) is 0 Å². The van der Waals surface area contributed by atoms with E-state index < -0.39 is 42.6 Å². The average molecular weight is 246 g/mol. The van der Waals surface area contributed by atoms with E-state index in [4.69, 9.17) is 0 Å². The molecule has 0 radical (unpaired) electrons. The summed E-state index contributed by atoms with van der Waals surface area (Å²) < 4.78 is 13.3. The molecule has 0 aromatic heterocycles. The first kappa shape index (κ1) is 15.1. The molecule has 17 heavy (non-hydrogen) atoms. The molecule has 7 heteroatoms. The first-order chi connectivity index (χ1) is 7.90. The minimum atomic E-state index is -1.39. The van der Waals surface area contributed by atoms with Gasteiger partial charge < -0.3 is 14.2 Å². The maximum absolute atomic E-state index is 11.2. The van der Waals surface area contributed by atoms with Crippen molar-refractivity contribution in [3.05, 3.63) is 0 Å². The van der Waals surface area contributed by atoms with E-state index in [1.165, 1.54) is 6.92 Å². The zero-order valence-electron chi connectivity index (χ0n) is 9.85. The molecule has 1 atom stereocenters. The average Bonchev–Trinajstić information content (AvgIpc) is 2.25. The molecular weight excluding hydrogens is 232 g/mol. The molecule has 0 bridgehead atoms. The maximum atomic E-state index is 11.2. The minimum Gasteiger partial charge on any atom is -0.469 e. The van der Waals surface area contributed by atoms with Gasteiger partial charge in [0, 0.05) is 0 Å². The lowest BCUT2D eigenvalue weighted by Crippen LogP contribution is -2.31. The number of hydrogen-bond donors (Lipinski definition) is 0. The van der Waals surface area contributed by atoms with Gasteiger partial charge in [0.1, 0.15) is 12.2 Å². The highest BCUT2D eigenvalue weighted by molar-refractivity contribution is 5.95. The van der Waals surface area contributed by atoms with E-state index in [1.807, 2.05) is 0 Å². The molecule has 0 rings (SSSR count). The van der Waals surface area contributed by atoms with Crippen molar-refractivity contribution in [1.29, 1.82) is 0 Å². The Bertz CT molecular complexity index is 321. The molecule has 0 spiro atoms. The predicted octanol–water partition coefficient (Wildman–Crippen LogP) is -0.387. The van der Waals surface area contributed by atoms with Crippen LogP contribution in [0.25, 0.3) is 0 Å². The molecule has 0 amide bonds. The van der Waals surface area contributed by atoms with Crippen molar-refractivity contribution in [2.24, 2.45) is 0 Å². The number of Topliss-reactive ketones (excluding diaryl/α,β-unsaturated/α-hetero) is 1. The van der Waals surface area contributed by atoms with Crippen molar-refractivity contribution in [1.82, 2.24) is 0 Å². The third-order valence-corrected chi connectivity index (χ3v) is 1.71. The molecule has 0 aromatic carbocycles. The Balaban J connectivity index is 4.48. The lowest BCUT2D eigenvalue weighted by atomic mass is 10.2. The van der Waals surface area contributed by atoms with Crippen molar-refractivity contribution in [2.45, 2.75) is 25.9 Å². The Morgan fingerprint density at radius 1 is 1.00 bits per heavy atom. The van der Waals surface area contributed by atoms with E-state index in [9.17, 15) is 19.2 Å². The zero-order chi connectivity index (χ0) is 13.4. The van der Waals surface area contributed by atoms with Crippen LogP contribution in [0.3, 0.4) is 0 Å². The third-order valence-electron chi connectivity index (χ3n) is 1.71. The lowest BCUT2D eigenvalue weighted by molar-refractivity contribution is -0.170. The normalized spacial score (nSPS) is 11.2. The summed E-state index contributed by atoms with van der Waals surface area (Å²) in [6.07, 6.45) is -2.30. The number of rotatable bonds is 6. The van der Waals surface area contributed by atoms with Gasteiger partial charge in [0.2, 0.25) is 6.10 Å². The van der Waals surface area contributed by atoms with Gasteiger partial charge in [-0.25, -0.2) is 4.79 Å². The SMILES string of the molecule is COC(=O)CC(OC(=O)CC(C)=O)C(=O)OC. The van der Waals surface area contributed by atoms with E-state index in [0.717, 1.165) is 14.2 Å². The van der Waals surface area contributed by atoms with Gasteiger partial charge >= 0.3 is 17.9 Å². The molecule has 96 valence electrons. The van der Waals surface area contributed by atoms with Crippen molar-refractivity contribution in [3.63, 3.8) is 0 Å². The highest BCUT2D eigenvalue weighted by Gasteiger charge is 2.27. The molecule has 0 fully saturated rings. The summed E-state index contributed by atoms with van der Waals surface area (Å²) in [6.45, 7) is 1.20. The fourth-order valence-electron chi connectivity index (χ4n) is 0.943. The van der Waals surface area contributed by atoms with Crippen LogP contribution in [0.15, 0.2) is 0 Å². The van der Waals surface area contributed by atoms with Crippen LogP contribution >= 0.6 is 0 Å². The number of ketones is 1. The highest BCUT2D eigenvalue weighted by atomic mass is 16.6. The van der Waals surface area contributed by atoms with Crippen molar-refractivity contribution in [2.75, 3.05) is 14.2 Å². The number of methoxy groups -OCH3 is 2. The summed E-state index contributed by atoms with van der Waals surface area (Å²) >= 11 is 0. The molecular formula is C10H14O7. The molecule has 7 nitrogen and oxygen atoms in total. The van der Waals surface area contributed by atoms with Crippen LogP contribution in [-0.4, -0.2) is 44.0 Å². The number of esters is 3. The Hall–Kier alpha value is -1.92. The standard InChI is InChI=1S/C10H14O7/c1-6(11)4-9(13)17-7(10(14)16-3)5-8(12)15-2/h7H,4-5H2,1-3H3. The number of ether oxygens (including phenoxy) is 3. The molecule has 0 heterocycles. The Kier molecular flexibility index (Phi) is 6.54. The van der Waals surface area contributed by atoms with E-state index in [2.05, 4.69) is 14.2 Å². The molecule has 0 saturated carbocycles. The van der Waals surface area contributed by atoms with Gasteiger partial charge in [-0.05, 0) is 6.92 Å². The summed E-state index contributed by atoms with van der Waals surface area (Å²) in [5.41, 5.74) is 0.